The summed E-state index contributed by atoms with van der Waals surface area (Å²) in [5, 5.41) is 21.7. The molecule has 4 rings (SSSR count). The lowest BCUT2D eigenvalue weighted by molar-refractivity contribution is -0.168. The standard InChI is InChI=1S/C21H29ClO4/c1-11(23)21(26)9-6-14-16-13(5-8-20(14,21)3)19(2)7-4-12(24)10-15(19)17(22)18(16)25/h10,13-14,16-18,25-26H,4-9H2,1-3H3/t13-,14-,16+,17?,18?,19+,20-,21-/m0/s1. The highest BCUT2D eigenvalue weighted by Gasteiger charge is 2.68. The molecule has 0 spiro atoms. The van der Waals surface area contributed by atoms with E-state index in [1.54, 1.807) is 6.08 Å². The number of ketones is 2. The van der Waals surface area contributed by atoms with Crippen LogP contribution in [0.4, 0.5) is 0 Å². The summed E-state index contributed by atoms with van der Waals surface area (Å²) < 4.78 is 0. The summed E-state index contributed by atoms with van der Waals surface area (Å²) in [4.78, 5) is 24.3. The molecule has 4 aliphatic carbocycles. The van der Waals surface area contributed by atoms with E-state index in [-0.39, 0.29) is 34.7 Å². The molecule has 8 atom stereocenters. The minimum atomic E-state index is -1.30. The Morgan fingerprint density at radius 3 is 2.50 bits per heavy atom. The summed E-state index contributed by atoms with van der Waals surface area (Å²) in [5.74, 6) is 0.201. The van der Waals surface area contributed by atoms with Crippen molar-refractivity contribution in [2.24, 2.45) is 28.6 Å². The quantitative estimate of drug-likeness (QED) is 0.686. The van der Waals surface area contributed by atoms with Crippen LogP contribution in [0.5, 0.6) is 0 Å². The zero-order valence-electron chi connectivity index (χ0n) is 15.8. The summed E-state index contributed by atoms with van der Waals surface area (Å²) in [5.41, 5.74) is -1.10. The van der Waals surface area contributed by atoms with Crippen LogP contribution in [0.25, 0.3) is 0 Å². The Bertz CT molecular complexity index is 702. The zero-order valence-corrected chi connectivity index (χ0v) is 16.6. The first kappa shape index (κ1) is 18.6. The van der Waals surface area contributed by atoms with E-state index in [0.29, 0.717) is 12.8 Å². The summed E-state index contributed by atoms with van der Waals surface area (Å²) in [6.45, 7) is 5.70. The fourth-order valence-electron chi connectivity index (χ4n) is 7.12. The van der Waals surface area contributed by atoms with Crippen molar-refractivity contribution in [1.82, 2.24) is 0 Å². The largest absolute Gasteiger partial charge is 0.391 e. The van der Waals surface area contributed by atoms with Gasteiger partial charge in [-0.25, -0.2) is 0 Å². The number of rotatable bonds is 1. The Labute approximate surface area is 160 Å². The predicted molar refractivity (Wildman–Crippen MR) is 98.8 cm³/mol. The predicted octanol–water partition coefficient (Wildman–Crippen LogP) is 3.03. The molecule has 26 heavy (non-hydrogen) atoms. The van der Waals surface area contributed by atoms with E-state index in [1.807, 2.05) is 6.92 Å². The zero-order chi connectivity index (χ0) is 19.1. The second-order valence-electron chi connectivity index (χ2n) is 9.58. The Hall–Kier alpha value is -0.710. The smallest absolute Gasteiger partial charge is 0.161 e. The molecule has 0 aromatic heterocycles. The number of carbonyl (C=O) groups excluding carboxylic acids is 2. The number of Topliss-reactive ketones (excluding diaryl/α,β-unsaturated/α-hetero) is 1. The average molecular weight is 381 g/mol. The fourth-order valence-corrected chi connectivity index (χ4v) is 7.60. The molecule has 0 amide bonds. The number of aliphatic hydroxyl groups excluding tert-OH is 1. The van der Waals surface area contributed by atoms with Gasteiger partial charge in [0, 0.05) is 11.8 Å². The Morgan fingerprint density at radius 2 is 1.85 bits per heavy atom. The summed E-state index contributed by atoms with van der Waals surface area (Å²) >= 11 is 6.68. The highest BCUT2D eigenvalue weighted by molar-refractivity contribution is 6.23. The topological polar surface area (TPSA) is 74.6 Å². The third-order valence-electron chi connectivity index (χ3n) is 8.74. The maximum atomic E-state index is 12.3. The summed E-state index contributed by atoms with van der Waals surface area (Å²) in [6, 6.07) is 0. The second-order valence-corrected chi connectivity index (χ2v) is 10.0. The molecule has 0 bridgehead atoms. The van der Waals surface area contributed by atoms with Crippen molar-refractivity contribution in [1.29, 1.82) is 0 Å². The monoisotopic (exact) mass is 380 g/mol. The van der Waals surface area contributed by atoms with Crippen LogP contribution in [0.15, 0.2) is 11.6 Å². The lowest BCUT2D eigenvalue weighted by atomic mass is 9.45. The molecular weight excluding hydrogens is 352 g/mol. The summed E-state index contributed by atoms with van der Waals surface area (Å²) in [7, 11) is 0. The van der Waals surface area contributed by atoms with Crippen LogP contribution >= 0.6 is 11.6 Å². The van der Waals surface area contributed by atoms with Crippen molar-refractivity contribution in [2.75, 3.05) is 0 Å². The van der Waals surface area contributed by atoms with Gasteiger partial charge in [-0.2, -0.15) is 0 Å². The number of halogens is 1. The maximum Gasteiger partial charge on any atom is 0.161 e. The molecule has 2 unspecified atom stereocenters. The third-order valence-corrected chi connectivity index (χ3v) is 9.24. The fraction of sp³-hybridized carbons (Fsp3) is 0.810. The van der Waals surface area contributed by atoms with Crippen molar-refractivity contribution < 1.29 is 19.8 Å². The van der Waals surface area contributed by atoms with Crippen LogP contribution in [-0.4, -0.2) is 38.9 Å². The number of hydrogen-bond donors (Lipinski definition) is 2. The molecule has 4 aliphatic rings. The third kappa shape index (κ3) is 2.10. The van der Waals surface area contributed by atoms with Crippen molar-refractivity contribution in [2.45, 2.75) is 76.4 Å². The molecule has 0 saturated heterocycles. The van der Waals surface area contributed by atoms with Crippen LogP contribution < -0.4 is 0 Å². The lowest BCUT2D eigenvalue weighted by Crippen LogP contribution is -2.62. The summed E-state index contributed by atoms with van der Waals surface area (Å²) in [6.07, 6.45) is 5.05. The van der Waals surface area contributed by atoms with Gasteiger partial charge in [-0.3, -0.25) is 9.59 Å². The van der Waals surface area contributed by atoms with Crippen LogP contribution in [-0.2, 0) is 9.59 Å². The van der Waals surface area contributed by atoms with Gasteiger partial charge in [-0.1, -0.05) is 13.8 Å². The van der Waals surface area contributed by atoms with Gasteiger partial charge in [0.15, 0.2) is 11.6 Å². The molecule has 0 radical (unpaired) electrons. The van der Waals surface area contributed by atoms with Crippen molar-refractivity contribution in [3.63, 3.8) is 0 Å². The van der Waals surface area contributed by atoms with Gasteiger partial charge >= 0.3 is 0 Å². The average Bonchev–Trinajstić information content (AvgIpc) is 2.87. The van der Waals surface area contributed by atoms with E-state index < -0.39 is 22.5 Å². The highest BCUT2D eigenvalue weighted by atomic mass is 35.5. The highest BCUT2D eigenvalue weighted by Crippen LogP contribution is 2.68. The van der Waals surface area contributed by atoms with Crippen molar-refractivity contribution >= 4 is 23.2 Å². The number of alkyl halides is 1. The minimum Gasteiger partial charge on any atom is -0.391 e. The van der Waals surface area contributed by atoms with Gasteiger partial charge in [-0.05, 0) is 73.8 Å². The number of hydrogen-bond acceptors (Lipinski definition) is 4. The van der Waals surface area contributed by atoms with Gasteiger partial charge in [0.05, 0.1) is 11.5 Å². The van der Waals surface area contributed by atoms with Gasteiger partial charge in [0.2, 0.25) is 0 Å². The minimum absolute atomic E-state index is 0.0417. The molecule has 0 aromatic carbocycles. The van der Waals surface area contributed by atoms with Gasteiger partial charge in [0.25, 0.3) is 0 Å². The van der Waals surface area contributed by atoms with Crippen molar-refractivity contribution in [3.8, 4) is 0 Å². The molecular formula is C21H29ClO4. The van der Waals surface area contributed by atoms with Gasteiger partial charge in [0.1, 0.15) is 5.60 Å². The molecule has 5 heteroatoms. The molecule has 0 heterocycles. The second kappa shape index (κ2) is 5.65. The van der Waals surface area contributed by atoms with E-state index in [2.05, 4.69) is 6.92 Å². The molecule has 2 N–H and O–H groups in total. The maximum absolute atomic E-state index is 12.3. The first-order valence-electron chi connectivity index (χ1n) is 9.87. The molecule has 3 saturated carbocycles. The lowest BCUT2D eigenvalue weighted by Gasteiger charge is -2.61. The number of carbonyl (C=O) groups is 2. The Balaban J connectivity index is 1.78. The normalized spacial score (nSPS) is 53.4. The number of aliphatic hydroxyl groups is 2. The first-order chi connectivity index (χ1) is 12.1. The molecule has 144 valence electrons. The Kier molecular flexibility index (Phi) is 4.05. The van der Waals surface area contributed by atoms with Crippen LogP contribution in [0.1, 0.15) is 59.3 Å². The van der Waals surface area contributed by atoms with E-state index in [0.717, 1.165) is 31.3 Å². The molecule has 0 aromatic rings. The van der Waals surface area contributed by atoms with Crippen LogP contribution in [0.3, 0.4) is 0 Å². The SMILES string of the molecule is CC(=O)[C@@]1(O)CC[C@H]2[C@@H]3C(O)C(Cl)C4=CC(=O)CC[C@]4(C)[C@H]3CC[C@@]21C. The van der Waals surface area contributed by atoms with Crippen LogP contribution in [0.2, 0.25) is 0 Å². The van der Waals surface area contributed by atoms with E-state index >= 15 is 0 Å². The van der Waals surface area contributed by atoms with Crippen molar-refractivity contribution in [3.05, 3.63) is 11.6 Å². The Morgan fingerprint density at radius 1 is 1.19 bits per heavy atom. The van der Waals surface area contributed by atoms with Gasteiger partial charge < -0.3 is 10.2 Å². The molecule has 3 fully saturated rings. The number of fused-ring (bicyclic) bond motifs is 5. The van der Waals surface area contributed by atoms with E-state index in [1.165, 1.54) is 6.92 Å². The van der Waals surface area contributed by atoms with E-state index in [9.17, 15) is 19.8 Å². The first-order valence-corrected chi connectivity index (χ1v) is 10.3. The van der Waals surface area contributed by atoms with Gasteiger partial charge in [-0.15, -0.1) is 11.6 Å². The van der Waals surface area contributed by atoms with E-state index in [4.69, 9.17) is 11.6 Å². The van der Waals surface area contributed by atoms with Crippen LogP contribution in [0, 0.1) is 28.6 Å². The molecule has 4 nitrogen and oxygen atoms in total. The molecule has 0 aliphatic heterocycles.